The number of rotatable bonds is 11. The molecular formula is C22H29N6O15P2+. The second-order valence-corrected chi connectivity index (χ2v) is 12.9. The Hall–Kier alpha value is -3.78. The van der Waals surface area contributed by atoms with Crippen LogP contribution in [0.3, 0.4) is 0 Å². The van der Waals surface area contributed by atoms with Gasteiger partial charge >= 0.3 is 27.4 Å². The van der Waals surface area contributed by atoms with Crippen molar-refractivity contribution in [1.29, 1.82) is 0 Å². The lowest BCUT2D eigenvalue weighted by Crippen LogP contribution is -2.48. The first-order valence-electron chi connectivity index (χ1n) is 12.6. The Balaban J connectivity index is 1.65. The summed E-state index contributed by atoms with van der Waals surface area (Å²) in [4.78, 5) is 70.2. The van der Waals surface area contributed by atoms with Crippen LogP contribution in [0, 0.1) is 10.1 Å². The number of H-pyrrole nitrogens is 1. The maximum Gasteiger partial charge on any atom is 0.509 e. The van der Waals surface area contributed by atoms with Crippen molar-refractivity contribution >= 4 is 44.6 Å². The predicted molar refractivity (Wildman–Crippen MR) is 147 cm³/mol. The van der Waals surface area contributed by atoms with Crippen LogP contribution in [-0.2, 0) is 49.6 Å². The number of nitrogens with zero attached hydrogens (tertiary/aromatic N) is 4. The smallest absolute Gasteiger partial charge is 0.425 e. The van der Waals surface area contributed by atoms with Crippen molar-refractivity contribution in [3.05, 3.63) is 56.6 Å². The number of hydrogen-bond donors (Lipinski definition) is 5. The van der Waals surface area contributed by atoms with Crippen molar-refractivity contribution in [3.63, 3.8) is 0 Å². The third-order valence-corrected chi connectivity index (χ3v) is 8.73. The first-order chi connectivity index (χ1) is 20.8. The number of carbonyl (C=O) groups is 1. The number of benzene rings is 1. The number of phosphoric acid groups is 2. The van der Waals surface area contributed by atoms with Crippen LogP contribution in [0.25, 0.3) is 11.2 Å². The SMILES string of the molecule is COC1[C@@H](OC(=O)OC(C)(C)c2ccc([N+](=O)[O-])cc2)[C@@H](COP(=O)(O)OP(=O)(O)O)O[C@H]1[n+]1cn(C)c2c(=O)[nH]c(N)nc21. The maximum absolute atomic E-state index is 13.1. The molecule has 23 heteroatoms. The van der Waals surface area contributed by atoms with Crippen LogP contribution in [0.15, 0.2) is 35.4 Å². The van der Waals surface area contributed by atoms with Gasteiger partial charge in [0.2, 0.25) is 11.7 Å². The van der Waals surface area contributed by atoms with Crippen molar-refractivity contribution < 1.29 is 65.9 Å². The predicted octanol–water partition coefficient (Wildman–Crippen LogP) is 0.635. The van der Waals surface area contributed by atoms with E-state index in [-0.39, 0.29) is 22.8 Å². The van der Waals surface area contributed by atoms with Crippen LogP contribution < -0.4 is 15.9 Å². The molecule has 0 amide bonds. The molecule has 5 atom stereocenters. The minimum atomic E-state index is -5.47. The van der Waals surface area contributed by atoms with Crippen LogP contribution in [0.2, 0.25) is 0 Å². The average molecular weight is 679 g/mol. The number of nitrogens with one attached hydrogen (secondary N) is 1. The summed E-state index contributed by atoms with van der Waals surface area (Å²) < 4.78 is 57.1. The fourth-order valence-electron chi connectivity index (χ4n) is 4.63. The van der Waals surface area contributed by atoms with E-state index in [0.717, 1.165) is 0 Å². The van der Waals surface area contributed by atoms with Gasteiger partial charge in [-0.05, 0) is 31.5 Å². The van der Waals surface area contributed by atoms with Gasteiger partial charge < -0.3 is 39.4 Å². The number of nitrogen functional groups attached to an aromatic ring is 1. The van der Waals surface area contributed by atoms with Crippen LogP contribution in [-0.4, -0.2) is 72.3 Å². The van der Waals surface area contributed by atoms with E-state index in [1.54, 1.807) is 0 Å². The number of nitrogens with two attached hydrogens (primary N) is 1. The maximum atomic E-state index is 13.1. The molecule has 1 saturated heterocycles. The largest absolute Gasteiger partial charge is 0.509 e. The standard InChI is InChI=1S/C22H28N6O15P2/c1-22(2,11-5-7-12(8-6-11)28(31)32)42-21(30)41-15-13(9-39-45(36,37)43-44(33,34)35)40-19(16(15)38-4)27-10-26(3)14-17(27)24-20(23)25-18(14)29/h5-8,10,13,15-16,19H,9H2,1-4H3,(H5-,23,24,25,29,33,34,35,36,37)/p+1/t13-,15+,16?,19-/m1/s1. The fourth-order valence-corrected chi connectivity index (χ4v) is 6.23. The van der Waals surface area contributed by atoms with Gasteiger partial charge in [-0.2, -0.15) is 4.31 Å². The monoisotopic (exact) mass is 679 g/mol. The van der Waals surface area contributed by atoms with Crippen molar-refractivity contribution in [2.75, 3.05) is 19.5 Å². The second-order valence-electron chi connectivity index (χ2n) is 10.1. The zero-order valence-electron chi connectivity index (χ0n) is 23.9. The average Bonchev–Trinajstić information content (AvgIpc) is 3.42. The highest BCUT2D eigenvalue weighted by molar-refractivity contribution is 7.60. The summed E-state index contributed by atoms with van der Waals surface area (Å²) in [5.74, 6) is -0.236. The van der Waals surface area contributed by atoms with Gasteiger partial charge in [0.25, 0.3) is 17.2 Å². The number of carbonyl (C=O) groups excluding carboxylic acids is 1. The number of aryl methyl sites for hydroxylation is 1. The Morgan fingerprint density at radius 2 is 1.89 bits per heavy atom. The molecule has 21 nitrogen and oxygen atoms in total. The molecule has 45 heavy (non-hydrogen) atoms. The molecule has 1 fully saturated rings. The van der Waals surface area contributed by atoms with E-state index in [1.165, 1.54) is 67.7 Å². The van der Waals surface area contributed by atoms with Gasteiger partial charge in [0.1, 0.15) is 11.7 Å². The van der Waals surface area contributed by atoms with Gasteiger partial charge in [-0.25, -0.2) is 18.5 Å². The van der Waals surface area contributed by atoms with Gasteiger partial charge in [0.05, 0.1) is 18.6 Å². The number of nitro benzene ring substituents is 1. The molecule has 1 aromatic carbocycles. The van der Waals surface area contributed by atoms with Crippen molar-refractivity contribution in [2.24, 2.45) is 7.05 Å². The number of nitro groups is 1. The number of methoxy groups -OCH3 is 1. The number of anilines is 1. The van der Waals surface area contributed by atoms with Crippen molar-refractivity contribution in [2.45, 2.75) is 44.0 Å². The van der Waals surface area contributed by atoms with Gasteiger partial charge in [0, 0.05) is 19.2 Å². The summed E-state index contributed by atoms with van der Waals surface area (Å²) >= 11 is 0. The summed E-state index contributed by atoms with van der Waals surface area (Å²) in [6.45, 7) is 2.03. The number of imidazole rings is 1. The molecule has 1 aliphatic heterocycles. The summed E-state index contributed by atoms with van der Waals surface area (Å²) in [7, 11) is -8.09. The minimum absolute atomic E-state index is 0.0191. The number of aromatic amines is 1. The van der Waals surface area contributed by atoms with Crippen molar-refractivity contribution in [3.8, 4) is 0 Å². The Bertz CT molecular complexity index is 1750. The quantitative estimate of drug-likeness (QED) is 0.0610. The Morgan fingerprint density at radius 1 is 1.24 bits per heavy atom. The molecule has 2 aromatic heterocycles. The van der Waals surface area contributed by atoms with Crippen molar-refractivity contribution in [1.82, 2.24) is 14.5 Å². The zero-order chi connectivity index (χ0) is 33.5. The van der Waals surface area contributed by atoms with E-state index >= 15 is 0 Å². The number of fused-ring (bicyclic) bond motifs is 1. The Labute approximate surface area is 252 Å². The van der Waals surface area contributed by atoms with Crippen LogP contribution >= 0.6 is 15.6 Å². The molecule has 1 aliphatic rings. The van der Waals surface area contributed by atoms with Gasteiger partial charge in [-0.15, -0.1) is 0 Å². The van der Waals surface area contributed by atoms with Crippen LogP contribution in [0.5, 0.6) is 0 Å². The molecule has 3 aromatic rings. The summed E-state index contributed by atoms with van der Waals surface area (Å²) in [6.07, 6.45) is -5.36. The number of ether oxygens (including phenoxy) is 4. The highest BCUT2D eigenvalue weighted by Crippen LogP contribution is 2.57. The summed E-state index contributed by atoms with van der Waals surface area (Å²) in [6, 6.07) is 5.20. The van der Waals surface area contributed by atoms with Crippen LogP contribution in [0.1, 0.15) is 25.6 Å². The molecule has 0 spiro atoms. The summed E-state index contributed by atoms with van der Waals surface area (Å²) in [5.41, 5.74) is 4.02. The van der Waals surface area contributed by atoms with Gasteiger partial charge in [-0.1, -0.05) is 4.98 Å². The van der Waals surface area contributed by atoms with E-state index in [9.17, 15) is 33.7 Å². The molecule has 0 saturated carbocycles. The van der Waals surface area contributed by atoms with E-state index < -0.39 is 69.0 Å². The molecule has 2 unspecified atom stereocenters. The fraction of sp³-hybridized carbons (Fsp3) is 0.455. The molecular weight excluding hydrogens is 650 g/mol. The Morgan fingerprint density at radius 3 is 2.47 bits per heavy atom. The molecule has 0 aliphatic carbocycles. The highest BCUT2D eigenvalue weighted by Gasteiger charge is 2.52. The minimum Gasteiger partial charge on any atom is -0.425 e. The second kappa shape index (κ2) is 12.5. The third kappa shape index (κ3) is 7.72. The molecule has 246 valence electrons. The lowest BCUT2D eigenvalue weighted by Gasteiger charge is -2.28. The van der Waals surface area contributed by atoms with E-state index in [0.29, 0.717) is 5.56 Å². The molecule has 3 heterocycles. The molecule has 0 radical (unpaired) electrons. The number of aromatic nitrogens is 4. The first-order valence-corrected chi connectivity index (χ1v) is 15.7. The third-order valence-electron chi connectivity index (χ3n) is 6.58. The number of hydrogen-bond acceptors (Lipinski definition) is 14. The Kier molecular flexibility index (Phi) is 9.51. The molecule has 0 bridgehead atoms. The van der Waals surface area contributed by atoms with Gasteiger partial charge in [0.15, 0.2) is 18.5 Å². The van der Waals surface area contributed by atoms with Crippen LogP contribution in [0.4, 0.5) is 16.4 Å². The molecule has 4 rings (SSSR count). The highest BCUT2D eigenvalue weighted by atomic mass is 31.3. The molecule has 6 N–H and O–H groups in total. The summed E-state index contributed by atoms with van der Waals surface area (Å²) in [5, 5.41) is 11.0. The normalized spacial score (nSPS) is 21.8. The first kappa shape index (κ1) is 34.1. The number of phosphoric ester groups is 1. The number of non-ortho nitro benzene ring substituents is 1. The topological polar surface area (TPSA) is 291 Å². The van der Waals surface area contributed by atoms with E-state index in [4.69, 9.17) is 39.0 Å². The lowest BCUT2D eigenvalue weighted by molar-refractivity contribution is -0.746. The van der Waals surface area contributed by atoms with E-state index in [2.05, 4.69) is 14.3 Å². The van der Waals surface area contributed by atoms with Gasteiger partial charge in [-0.3, -0.25) is 29.0 Å². The van der Waals surface area contributed by atoms with E-state index in [1.807, 2.05) is 0 Å². The lowest BCUT2D eigenvalue weighted by atomic mass is 9.98. The zero-order valence-corrected chi connectivity index (χ0v) is 25.7.